The molecule has 0 atom stereocenters. The second kappa shape index (κ2) is 7.90. The van der Waals surface area contributed by atoms with E-state index in [0.717, 1.165) is 39.0 Å². The van der Waals surface area contributed by atoms with Crippen LogP contribution in [0.4, 0.5) is 0 Å². The fourth-order valence-corrected chi connectivity index (χ4v) is 5.80. The fraction of sp³-hybridized carbons (Fsp3) is 0.0323. The van der Waals surface area contributed by atoms with Crippen molar-refractivity contribution in [2.45, 2.75) is 6.92 Å². The van der Waals surface area contributed by atoms with Crippen molar-refractivity contribution in [1.29, 1.82) is 0 Å². The number of benzene rings is 4. The van der Waals surface area contributed by atoms with Gasteiger partial charge in [-0.25, -0.2) is 9.97 Å². The summed E-state index contributed by atoms with van der Waals surface area (Å²) in [5.74, 6) is 0.907. The van der Waals surface area contributed by atoms with Crippen LogP contribution in [-0.2, 0) is 0 Å². The summed E-state index contributed by atoms with van der Waals surface area (Å²) >= 11 is 1.82. The molecule has 0 N–H and O–H groups in total. The number of aryl methyl sites for hydroxylation is 1. The quantitative estimate of drug-likeness (QED) is 0.261. The molecule has 0 bridgehead atoms. The molecule has 0 saturated heterocycles. The van der Waals surface area contributed by atoms with Gasteiger partial charge in [-0.15, -0.1) is 11.3 Å². The average Bonchev–Trinajstić information content (AvgIpc) is 3.54. The summed E-state index contributed by atoms with van der Waals surface area (Å²) in [4.78, 5) is 12.6. The Kier molecular flexibility index (Phi) is 4.54. The molecule has 0 spiro atoms. The van der Waals surface area contributed by atoms with Gasteiger partial charge in [-0.1, -0.05) is 72.3 Å². The molecular weight excluding hydrogens is 446 g/mol. The maximum Gasteiger partial charge on any atom is 0.149 e. The Labute approximate surface area is 207 Å². The van der Waals surface area contributed by atoms with Gasteiger partial charge in [0.25, 0.3) is 0 Å². The molecule has 0 amide bonds. The number of aromatic nitrogens is 3. The minimum absolute atomic E-state index is 0.907. The van der Waals surface area contributed by atoms with Gasteiger partial charge in [0.2, 0.25) is 0 Å². The van der Waals surface area contributed by atoms with Gasteiger partial charge in [0.05, 0.1) is 16.6 Å². The molecule has 0 aliphatic heterocycles. The molecule has 3 aromatic heterocycles. The molecule has 0 unspecified atom stereocenters. The van der Waals surface area contributed by atoms with Crippen LogP contribution in [0.25, 0.3) is 59.9 Å². The highest BCUT2D eigenvalue weighted by molar-refractivity contribution is 7.18. The van der Waals surface area contributed by atoms with Gasteiger partial charge in [0.1, 0.15) is 11.5 Å². The lowest BCUT2D eigenvalue weighted by molar-refractivity contribution is 1.16. The van der Waals surface area contributed by atoms with Gasteiger partial charge in [-0.2, -0.15) is 0 Å². The standard InChI is InChI=1S/C31H21N3S/c1-20-8-6-9-21(18-20)28-16-17-29(35-28)22-10-7-11-23(19-22)30-32-25-13-3-2-12-24(25)31-33-26-14-4-5-15-27(26)34(30)31/h2-19H,1H3. The number of fused-ring (bicyclic) bond motifs is 5. The lowest BCUT2D eigenvalue weighted by Gasteiger charge is -2.10. The molecule has 7 rings (SSSR count). The first-order valence-electron chi connectivity index (χ1n) is 11.7. The summed E-state index contributed by atoms with van der Waals surface area (Å²) < 4.78 is 2.20. The zero-order chi connectivity index (χ0) is 23.4. The molecule has 0 radical (unpaired) electrons. The topological polar surface area (TPSA) is 30.2 Å². The van der Waals surface area contributed by atoms with Gasteiger partial charge in [0, 0.05) is 20.7 Å². The minimum atomic E-state index is 0.907. The molecular formula is C31H21N3S. The van der Waals surface area contributed by atoms with Gasteiger partial charge in [-0.05, 0) is 60.5 Å². The Morgan fingerprint density at radius 2 is 1.29 bits per heavy atom. The molecule has 0 fully saturated rings. The second-order valence-electron chi connectivity index (χ2n) is 8.83. The third-order valence-corrected chi connectivity index (χ3v) is 7.64. The zero-order valence-corrected chi connectivity index (χ0v) is 20.0. The number of hydrogen-bond acceptors (Lipinski definition) is 3. The summed E-state index contributed by atoms with van der Waals surface area (Å²) in [6.07, 6.45) is 0. The summed E-state index contributed by atoms with van der Waals surface area (Å²) in [5, 5.41) is 1.06. The van der Waals surface area contributed by atoms with Crippen LogP contribution in [-0.4, -0.2) is 14.4 Å². The Balaban J connectivity index is 1.42. The summed E-state index contributed by atoms with van der Waals surface area (Å²) in [7, 11) is 0. The Morgan fingerprint density at radius 3 is 2.11 bits per heavy atom. The van der Waals surface area contributed by atoms with Crippen molar-refractivity contribution in [3.63, 3.8) is 0 Å². The smallest absolute Gasteiger partial charge is 0.149 e. The molecule has 166 valence electrons. The summed E-state index contributed by atoms with van der Waals surface area (Å²) in [6, 6.07) is 38.3. The summed E-state index contributed by atoms with van der Waals surface area (Å²) in [5.41, 5.74) is 8.75. The zero-order valence-electron chi connectivity index (χ0n) is 19.1. The minimum Gasteiger partial charge on any atom is -0.276 e. The van der Waals surface area contributed by atoms with E-state index in [4.69, 9.17) is 9.97 Å². The fourth-order valence-electron chi connectivity index (χ4n) is 4.80. The highest BCUT2D eigenvalue weighted by Gasteiger charge is 2.16. The molecule has 4 heteroatoms. The van der Waals surface area contributed by atoms with Crippen molar-refractivity contribution in [1.82, 2.24) is 14.4 Å². The maximum absolute atomic E-state index is 5.12. The largest absolute Gasteiger partial charge is 0.276 e. The first kappa shape index (κ1) is 20.1. The lowest BCUT2D eigenvalue weighted by Crippen LogP contribution is -1.98. The predicted octanol–water partition coefficient (Wildman–Crippen LogP) is 8.41. The molecule has 4 aromatic carbocycles. The molecule has 35 heavy (non-hydrogen) atoms. The number of para-hydroxylation sites is 3. The van der Waals surface area contributed by atoms with E-state index < -0.39 is 0 Å². The number of nitrogens with zero attached hydrogens (tertiary/aromatic N) is 3. The molecule has 3 nitrogen and oxygen atoms in total. The van der Waals surface area contributed by atoms with E-state index in [1.54, 1.807) is 0 Å². The molecule has 3 heterocycles. The van der Waals surface area contributed by atoms with Crippen molar-refractivity contribution in [2.75, 3.05) is 0 Å². The van der Waals surface area contributed by atoms with E-state index in [-0.39, 0.29) is 0 Å². The Morgan fingerprint density at radius 1 is 0.600 bits per heavy atom. The average molecular weight is 468 g/mol. The second-order valence-corrected chi connectivity index (χ2v) is 9.91. The van der Waals surface area contributed by atoms with Crippen molar-refractivity contribution >= 4 is 38.9 Å². The van der Waals surface area contributed by atoms with Crippen LogP contribution in [0, 0.1) is 6.92 Å². The Bertz CT molecular complexity index is 1880. The van der Waals surface area contributed by atoms with Crippen LogP contribution in [0.5, 0.6) is 0 Å². The van der Waals surface area contributed by atoms with Crippen molar-refractivity contribution in [3.8, 4) is 32.3 Å². The predicted molar refractivity (Wildman–Crippen MR) is 147 cm³/mol. The third kappa shape index (κ3) is 3.34. The van der Waals surface area contributed by atoms with E-state index in [2.05, 4.69) is 102 Å². The molecule has 0 aliphatic rings. The number of hydrogen-bond donors (Lipinski definition) is 0. The maximum atomic E-state index is 5.12. The molecule has 0 aliphatic carbocycles. The van der Waals surface area contributed by atoms with Crippen LogP contribution in [0.1, 0.15) is 5.56 Å². The summed E-state index contributed by atoms with van der Waals surface area (Å²) in [6.45, 7) is 2.14. The molecule has 0 saturated carbocycles. The van der Waals surface area contributed by atoms with E-state index >= 15 is 0 Å². The van der Waals surface area contributed by atoms with E-state index in [1.807, 2.05) is 29.5 Å². The monoisotopic (exact) mass is 467 g/mol. The lowest BCUT2D eigenvalue weighted by atomic mass is 10.1. The molecule has 7 aromatic rings. The first-order chi connectivity index (χ1) is 17.2. The van der Waals surface area contributed by atoms with Gasteiger partial charge >= 0.3 is 0 Å². The van der Waals surface area contributed by atoms with Crippen molar-refractivity contribution in [3.05, 3.63) is 115 Å². The third-order valence-electron chi connectivity index (χ3n) is 6.46. The van der Waals surface area contributed by atoms with Crippen LogP contribution in [0.2, 0.25) is 0 Å². The first-order valence-corrected chi connectivity index (χ1v) is 12.5. The van der Waals surface area contributed by atoms with Crippen LogP contribution < -0.4 is 0 Å². The Hall–Kier alpha value is -4.28. The highest BCUT2D eigenvalue weighted by atomic mass is 32.1. The van der Waals surface area contributed by atoms with Crippen LogP contribution >= 0.6 is 11.3 Å². The van der Waals surface area contributed by atoms with Gasteiger partial charge in [-0.3, -0.25) is 4.40 Å². The number of thiophene rings is 1. The van der Waals surface area contributed by atoms with Crippen molar-refractivity contribution in [2.24, 2.45) is 0 Å². The van der Waals surface area contributed by atoms with Crippen LogP contribution in [0.15, 0.2) is 109 Å². The van der Waals surface area contributed by atoms with Crippen LogP contribution in [0.3, 0.4) is 0 Å². The SMILES string of the molecule is Cc1cccc(-c2ccc(-c3cccc(-c4nc5ccccc5c5nc6ccccc6n45)c3)s2)c1. The van der Waals surface area contributed by atoms with E-state index in [0.29, 0.717) is 0 Å². The van der Waals surface area contributed by atoms with Crippen molar-refractivity contribution < 1.29 is 0 Å². The highest BCUT2D eigenvalue weighted by Crippen LogP contribution is 2.37. The normalized spacial score (nSPS) is 11.6. The van der Waals surface area contributed by atoms with Gasteiger partial charge < -0.3 is 0 Å². The van der Waals surface area contributed by atoms with Gasteiger partial charge in [0.15, 0.2) is 0 Å². The number of rotatable bonds is 3. The van der Waals surface area contributed by atoms with E-state index in [1.165, 1.54) is 26.4 Å². The van der Waals surface area contributed by atoms with E-state index in [9.17, 15) is 0 Å². The number of imidazole rings is 1.